The first kappa shape index (κ1) is 14.6. The number of H-pyrrole nitrogens is 1. The van der Waals surface area contributed by atoms with Gasteiger partial charge in [-0.2, -0.15) is 5.10 Å². The highest BCUT2D eigenvalue weighted by atomic mass is 16.3. The predicted octanol–water partition coefficient (Wildman–Crippen LogP) is 1.91. The number of rotatable bonds is 2. The molecule has 2 heterocycles. The third-order valence-corrected chi connectivity index (χ3v) is 5.01. The number of fused-ring (bicyclic) bond motifs is 1. The molecule has 0 bridgehead atoms. The van der Waals surface area contributed by atoms with Crippen molar-refractivity contribution in [2.75, 3.05) is 13.2 Å². The Balaban J connectivity index is 1.83. The van der Waals surface area contributed by atoms with Crippen molar-refractivity contribution >= 4 is 5.91 Å². The molecule has 1 aliphatic carbocycles. The molecular formula is C16H25N3O2. The van der Waals surface area contributed by atoms with E-state index >= 15 is 0 Å². The minimum Gasteiger partial charge on any atom is -0.396 e. The van der Waals surface area contributed by atoms with Crippen LogP contribution in [0.3, 0.4) is 0 Å². The van der Waals surface area contributed by atoms with Crippen molar-refractivity contribution in [2.45, 2.75) is 57.9 Å². The fourth-order valence-electron chi connectivity index (χ4n) is 3.58. The molecule has 0 radical (unpaired) electrons. The molecule has 1 aromatic heterocycles. The molecule has 2 N–H and O–H groups in total. The zero-order valence-corrected chi connectivity index (χ0v) is 12.8. The van der Waals surface area contributed by atoms with Crippen LogP contribution in [0.5, 0.6) is 0 Å². The van der Waals surface area contributed by atoms with Crippen molar-refractivity contribution in [3.63, 3.8) is 0 Å². The Labute approximate surface area is 125 Å². The number of amides is 1. The molecule has 3 rings (SSSR count). The third kappa shape index (κ3) is 2.84. The summed E-state index contributed by atoms with van der Waals surface area (Å²) in [5.41, 5.74) is 2.91. The van der Waals surface area contributed by atoms with Crippen molar-refractivity contribution in [1.82, 2.24) is 15.1 Å². The maximum atomic E-state index is 12.9. The first-order valence-corrected chi connectivity index (χ1v) is 8.18. The lowest BCUT2D eigenvalue weighted by Gasteiger charge is -2.37. The maximum Gasteiger partial charge on any atom is 0.274 e. The van der Waals surface area contributed by atoms with E-state index in [0.717, 1.165) is 43.4 Å². The Hall–Kier alpha value is -1.36. The second kappa shape index (κ2) is 6.18. The number of nitrogens with zero attached hydrogens (tertiary/aromatic N) is 2. The van der Waals surface area contributed by atoms with E-state index in [1.807, 2.05) is 4.90 Å². The van der Waals surface area contributed by atoms with Crippen molar-refractivity contribution in [1.29, 1.82) is 0 Å². The monoisotopic (exact) mass is 291 g/mol. The van der Waals surface area contributed by atoms with Gasteiger partial charge in [-0.15, -0.1) is 0 Å². The number of aliphatic hydroxyl groups is 1. The SMILES string of the molecule is C[C@H]1CC[C@H](CO)CN1C(=O)c1n[nH]c2c1CCCCC2. The van der Waals surface area contributed by atoms with Crippen LogP contribution >= 0.6 is 0 Å². The summed E-state index contributed by atoms with van der Waals surface area (Å²) < 4.78 is 0. The van der Waals surface area contributed by atoms with Crippen LogP contribution in [0.25, 0.3) is 0 Å². The standard InChI is InChI=1S/C16H25N3O2/c1-11-7-8-12(10-20)9-19(11)16(21)15-13-5-3-2-4-6-14(13)17-18-15/h11-12,20H,2-10H2,1H3,(H,17,18)/t11-,12-/m0/s1. The number of aromatic amines is 1. The Morgan fingerprint density at radius 2 is 2.14 bits per heavy atom. The number of carbonyl (C=O) groups is 1. The highest BCUT2D eigenvalue weighted by Gasteiger charge is 2.32. The number of nitrogens with one attached hydrogen (secondary N) is 1. The quantitative estimate of drug-likeness (QED) is 0.818. The van der Waals surface area contributed by atoms with Crippen molar-refractivity contribution in [3.8, 4) is 0 Å². The highest BCUT2D eigenvalue weighted by Crippen LogP contribution is 2.26. The molecule has 1 aliphatic heterocycles. The second-order valence-electron chi connectivity index (χ2n) is 6.52. The molecule has 1 fully saturated rings. The Bertz CT molecular complexity index is 512. The normalized spacial score (nSPS) is 26.3. The molecule has 0 unspecified atom stereocenters. The maximum absolute atomic E-state index is 12.9. The van der Waals surface area contributed by atoms with Gasteiger partial charge in [0.2, 0.25) is 0 Å². The molecule has 0 spiro atoms. The van der Waals surface area contributed by atoms with Crippen LogP contribution < -0.4 is 0 Å². The van der Waals surface area contributed by atoms with E-state index in [0.29, 0.717) is 12.2 Å². The van der Waals surface area contributed by atoms with Gasteiger partial charge in [-0.1, -0.05) is 6.42 Å². The number of aliphatic hydroxyl groups excluding tert-OH is 1. The lowest BCUT2D eigenvalue weighted by molar-refractivity contribution is 0.0482. The van der Waals surface area contributed by atoms with Crippen molar-refractivity contribution < 1.29 is 9.90 Å². The van der Waals surface area contributed by atoms with Crippen LogP contribution in [-0.4, -0.2) is 45.3 Å². The number of carbonyl (C=O) groups excluding carboxylic acids is 1. The average molecular weight is 291 g/mol. The fraction of sp³-hybridized carbons (Fsp3) is 0.750. The Morgan fingerprint density at radius 1 is 1.33 bits per heavy atom. The third-order valence-electron chi connectivity index (χ3n) is 5.01. The van der Waals surface area contributed by atoms with E-state index in [2.05, 4.69) is 17.1 Å². The van der Waals surface area contributed by atoms with E-state index in [9.17, 15) is 9.90 Å². The van der Waals surface area contributed by atoms with Crippen LogP contribution in [-0.2, 0) is 12.8 Å². The van der Waals surface area contributed by atoms with E-state index in [-0.39, 0.29) is 24.5 Å². The molecule has 0 aromatic carbocycles. The number of piperidine rings is 1. The zero-order chi connectivity index (χ0) is 14.8. The summed E-state index contributed by atoms with van der Waals surface area (Å²) >= 11 is 0. The lowest BCUT2D eigenvalue weighted by atomic mass is 9.93. The molecule has 5 heteroatoms. The Morgan fingerprint density at radius 3 is 2.95 bits per heavy atom. The van der Waals surface area contributed by atoms with Gasteiger partial charge < -0.3 is 10.0 Å². The van der Waals surface area contributed by atoms with Crippen LogP contribution in [0, 0.1) is 5.92 Å². The summed E-state index contributed by atoms with van der Waals surface area (Å²) in [6.45, 7) is 2.91. The molecule has 1 saturated heterocycles. The van der Waals surface area contributed by atoms with Crippen LogP contribution in [0.2, 0.25) is 0 Å². The van der Waals surface area contributed by atoms with Gasteiger partial charge in [-0.25, -0.2) is 0 Å². The summed E-state index contributed by atoms with van der Waals surface area (Å²) in [6.07, 6.45) is 7.46. The largest absolute Gasteiger partial charge is 0.396 e. The van der Waals surface area contributed by atoms with Crippen LogP contribution in [0.1, 0.15) is 60.8 Å². The lowest BCUT2D eigenvalue weighted by Crippen LogP contribution is -2.46. The molecule has 0 saturated carbocycles. The first-order valence-electron chi connectivity index (χ1n) is 8.18. The van der Waals surface area contributed by atoms with Crippen molar-refractivity contribution in [3.05, 3.63) is 17.0 Å². The van der Waals surface area contributed by atoms with Crippen LogP contribution in [0.4, 0.5) is 0 Å². The number of aromatic nitrogens is 2. The molecule has 21 heavy (non-hydrogen) atoms. The minimum absolute atomic E-state index is 0.0417. The summed E-state index contributed by atoms with van der Waals surface area (Å²) in [7, 11) is 0. The molecule has 2 aliphatic rings. The molecular weight excluding hydrogens is 266 g/mol. The van der Waals surface area contributed by atoms with E-state index in [1.165, 1.54) is 12.8 Å². The predicted molar refractivity (Wildman–Crippen MR) is 80.2 cm³/mol. The first-order chi connectivity index (χ1) is 10.2. The summed E-state index contributed by atoms with van der Waals surface area (Å²) in [5.74, 6) is 0.253. The average Bonchev–Trinajstić information content (AvgIpc) is 2.76. The van der Waals surface area contributed by atoms with E-state index < -0.39 is 0 Å². The van der Waals surface area contributed by atoms with Crippen molar-refractivity contribution in [2.24, 2.45) is 5.92 Å². The Kier molecular flexibility index (Phi) is 4.29. The van der Waals surface area contributed by atoms with E-state index in [1.54, 1.807) is 0 Å². The molecule has 5 nitrogen and oxygen atoms in total. The van der Waals surface area contributed by atoms with Gasteiger partial charge in [-0.05, 0) is 51.4 Å². The van der Waals surface area contributed by atoms with Crippen LogP contribution in [0.15, 0.2) is 0 Å². The molecule has 2 atom stereocenters. The van der Waals surface area contributed by atoms with Gasteiger partial charge in [0, 0.05) is 30.5 Å². The zero-order valence-electron chi connectivity index (χ0n) is 12.8. The number of likely N-dealkylation sites (tertiary alicyclic amines) is 1. The molecule has 1 aromatic rings. The smallest absolute Gasteiger partial charge is 0.274 e. The topological polar surface area (TPSA) is 69.2 Å². The summed E-state index contributed by atoms with van der Waals surface area (Å²) in [6, 6.07) is 0.235. The number of hydrogen-bond acceptors (Lipinski definition) is 3. The van der Waals surface area contributed by atoms with Gasteiger partial charge in [0.05, 0.1) is 0 Å². The number of aryl methyl sites for hydroxylation is 1. The van der Waals surface area contributed by atoms with Gasteiger partial charge in [0.15, 0.2) is 5.69 Å². The summed E-state index contributed by atoms with van der Waals surface area (Å²) in [5, 5.41) is 16.8. The molecule has 1 amide bonds. The van der Waals surface area contributed by atoms with Gasteiger partial charge in [0.25, 0.3) is 5.91 Å². The second-order valence-corrected chi connectivity index (χ2v) is 6.52. The van der Waals surface area contributed by atoms with Gasteiger partial charge in [-0.3, -0.25) is 9.89 Å². The number of hydrogen-bond donors (Lipinski definition) is 2. The highest BCUT2D eigenvalue weighted by molar-refractivity contribution is 5.94. The molecule has 116 valence electrons. The van der Waals surface area contributed by atoms with Gasteiger partial charge in [0.1, 0.15) is 0 Å². The van der Waals surface area contributed by atoms with E-state index in [4.69, 9.17) is 0 Å². The van der Waals surface area contributed by atoms with Gasteiger partial charge >= 0.3 is 0 Å². The minimum atomic E-state index is 0.0417. The summed E-state index contributed by atoms with van der Waals surface area (Å²) in [4.78, 5) is 14.8. The fourth-order valence-corrected chi connectivity index (χ4v) is 3.58.